The van der Waals surface area contributed by atoms with E-state index in [4.69, 9.17) is 10.5 Å². The summed E-state index contributed by atoms with van der Waals surface area (Å²) in [5, 5.41) is 2.81. The molecule has 3 rings (SSSR count). The van der Waals surface area contributed by atoms with Crippen LogP contribution in [-0.4, -0.2) is 12.5 Å². The van der Waals surface area contributed by atoms with Gasteiger partial charge in [0.2, 0.25) is 0 Å². The molecule has 0 fully saturated rings. The van der Waals surface area contributed by atoms with E-state index in [0.29, 0.717) is 11.4 Å². The average molecular weight is 282 g/mol. The number of anilines is 1. The Morgan fingerprint density at radius 1 is 1.24 bits per heavy atom. The molecule has 0 radical (unpaired) electrons. The maximum Gasteiger partial charge on any atom is 0.262 e. The number of hydrogen-bond acceptors (Lipinski definition) is 3. The molecule has 1 atom stereocenters. The van der Waals surface area contributed by atoms with Crippen molar-refractivity contribution in [2.75, 3.05) is 11.9 Å². The number of rotatable bonds is 3. The van der Waals surface area contributed by atoms with Gasteiger partial charge in [0.15, 0.2) is 6.61 Å². The van der Waals surface area contributed by atoms with Crippen LogP contribution in [0.4, 0.5) is 5.69 Å². The number of nitrogens with one attached hydrogen (secondary N) is 1. The third-order valence-corrected chi connectivity index (χ3v) is 3.64. The zero-order valence-corrected chi connectivity index (χ0v) is 11.9. The van der Waals surface area contributed by atoms with Crippen LogP contribution in [0.15, 0.2) is 42.5 Å². The first-order valence-electron chi connectivity index (χ1n) is 6.99. The maximum atomic E-state index is 11.4. The molecule has 2 aromatic carbocycles. The van der Waals surface area contributed by atoms with Crippen molar-refractivity contribution in [2.24, 2.45) is 5.73 Å². The monoisotopic (exact) mass is 282 g/mol. The summed E-state index contributed by atoms with van der Waals surface area (Å²) in [6.07, 6.45) is 0.758. The van der Waals surface area contributed by atoms with Crippen LogP contribution >= 0.6 is 0 Å². The Morgan fingerprint density at radius 3 is 2.76 bits per heavy atom. The number of aryl methyl sites for hydroxylation is 1. The normalized spacial score (nSPS) is 14.9. The molecule has 3 N–H and O–H groups in total. The lowest BCUT2D eigenvalue weighted by Gasteiger charge is -2.20. The maximum absolute atomic E-state index is 11.4. The predicted molar refractivity (Wildman–Crippen MR) is 82.4 cm³/mol. The van der Waals surface area contributed by atoms with Crippen LogP contribution in [-0.2, 0) is 11.2 Å². The van der Waals surface area contributed by atoms with Crippen molar-refractivity contribution in [1.29, 1.82) is 0 Å². The van der Waals surface area contributed by atoms with Gasteiger partial charge in [-0.25, -0.2) is 0 Å². The number of fused-ring (bicyclic) bond motifs is 1. The van der Waals surface area contributed by atoms with Gasteiger partial charge in [-0.05, 0) is 36.6 Å². The number of nitrogens with two attached hydrogens (primary N) is 1. The first kappa shape index (κ1) is 13.6. The molecule has 0 spiro atoms. The van der Waals surface area contributed by atoms with E-state index in [1.807, 2.05) is 18.2 Å². The van der Waals surface area contributed by atoms with Crippen LogP contribution in [0.1, 0.15) is 22.7 Å². The predicted octanol–water partition coefficient (Wildman–Crippen LogP) is 2.57. The minimum atomic E-state index is -0.133. The SMILES string of the molecule is Cc1ccc(CC(N)c2ccc3c(c2)NC(=O)CO3)cc1. The molecule has 0 saturated heterocycles. The quantitative estimate of drug-likeness (QED) is 0.909. The van der Waals surface area contributed by atoms with E-state index in [1.54, 1.807) is 0 Å². The Balaban J connectivity index is 1.78. The van der Waals surface area contributed by atoms with E-state index >= 15 is 0 Å². The number of benzene rings is 2. The highest BCUT2D eigenvalue weighted by Gasteiger charge is 2.17. The molecule has 4 nitrogen and oxygen atoms in total. The Bertz CT molecular complexity index is 665. The van der Waals surface area contributed by atoms with E-state index in [0.717, 1.165) is 12.0 Å². The number of carbonyl (C=O) groups excluding carboxylic acids is 1. The molecule has 1 heterocycles. The number of hydrogen-bond donors (Lipinski definition) is 2. The summed E-state index contributed by atoms with van der Waals surface area (Å²) < 4.78 is 5.35. The summed E-state index contributed by atoms with van der Waals surface area (Å²) >= 11 is 0. The molecule has 1 amide bonds. The molecular weight excluding hydrogens is 264 g/mol. The smallest absolute Gasteiger partial charge is 0.262 e. The fraction of sp³-hybridized carbons (Fsp3) is 0.235. The Morgan fingerprint density at radius 2 is 2.00 bits per heavy atom. The Labute approximate surface area is 123 Å². The van der Waals surface area contributed by atoms with E-state index < -0.39 is 0 Å². The summed E-state index contributed by atoms with van der Waals surface area (Å²) in [5.41, 5.74) is 10.4. The second-order valence-electron chi connectivity index (χ2n) is 5.39. The summed E-state index contributed by atoms with van der Waals surface area (Å²) in [7, 11) is 0. The van der Waals surface area contributed by atoms with Crippen LogP contribution in [0.25, 0.3) is 0 Å². The van der Waals surface area contributed by atoms with Gasteiger partial charge in [-0.15, -0.1) is 0 Å². The zero-order chi connectivity index (χ0) is 14.8. The van der Waals surface area contributed by atoms with Crippen molar-refractivity contribution in [3.8, 4) is 5.75 Å². The summed E-state index contributed by atoms with van der Waals surface area (Å²) in [6.45, 7) is 2.14. The highest BCUT2D eigenvalue weighted by Crippen LogP contribution is 2.30. The number of carbonyl (C=O) groups is 1. The van der Waals surface area contributed by atoms with Gasteiger partial charge in [-0.2, -0.15) is 0 Å². The van der Waals surface area contributed by atoms with Crippen molar-refractivity contribution in [2.45, 2.75) is 19.4 Å². The van der Waals surface area contributed by atoms with Crippen molar-refractivity contribution < 1.29 is 9.53 Å². The summed E-state index contributed by atoms with van der Waals surface area (Å²) in [4.78, 5) is 11.4. The first-order valence-corrected chi connectivity index (χ1v) is 6.99. The van der Waals surface area contributed by atoms with E-state index in [-0.39, 0.29) is 18.6 Å². The van der Waals surface area contributed by atoms with Gasteiger partial charge in [0.25, 0.3) is 5.91 Å². The number of ether oxygens (including phenoxy) is 1. The first-order chi connectivity index (χ1) is 10.1. The second-order valence-corrected chi connectivity index (χ2v) is 5.39. The third-order valence-electron chi connectivity index (χ3n) is 3.64. The van der Waals surface area contributed by atoms with Gasteiger partial charge in [-0.3, -0.25) is 4.79 Å². The largest absolute Gasteiger partial charge is 0.482 e. The highest BCUT2D eigenvalue weighted by atomic mass is 16.5. The van der Waals surface area contributed by atoms with Gasteiger partial charge < -0.3 is 15.8 Å². The Hall–Kier alpha value is -2.33. The van der Waals surface area contributed by atoms with Crippen molar-refractivity contribution >= 4 is 11.6 Å². The van der Waals surface area contributed by atoms with Crippen LogP contribution in [0.2, 0.25) is 0 Å². The van der Waals surface area contributed by atoms with Gasteiger partial charge >= 0.3 is 0 Å². The molecule has 4 heteroatoms. The van der Waals surface area contributed by atoms with Crippen LogP contribution in [0.3, 0.4) is 0 Å². The molecule has 0 aromatic heterocycles. The van der Waals surface area contributed by atoms with Gasteiger partial charge in [-0.1, -0.05) is 35.9 Å². The number of amides is 1. The summed E-state index contributed by atoms with van der Waals surface area (Å²) in [5.74, 6) is 0.563. The molecule has 0 bridgehead atoms. The minimum Gasteiger partial charge on any atom is -0.482 e. The van der Waals surface area contributed by atoms with Gasteiger partial charge in [0.05, 0.1) is 5.69 Å². The van der Waals surface area contributed by atoms with E-state index in [1.165, 1.54) is 11.1 Å². The molecule has 1 aliphatic heterocycles. The molecular formula is C17H18N2O2. The van der Waals surface area contributed by atoms with Crippen molar-refractivity contribution in [3.63, 3.8) is 0 Å². The lowest BCUT2D eigenvalue weighted by Crippen LogP contribution is -2.25. The fourth-order valence-corrected chi connectivity index (χ4v) is 2.43. The molecule has 1 unspecified atom stereocenters. The van der Waals surface area contributed by atoms with Crippen LogP contribution in [0.5, 0.6) is 5.75 Å². The van der Waals surface area contributed by atoms with Gasteiger partial charge in [0, 0.05) is 6.04 Å². The molecule has 1 aliphatic rings. The fourth-order valence-electron chi connectivity index (χ4n) is 2.43. The Kier molecular flexibility index (Phi) is 3.62. The average Bonchev–Trinajstić information content (AvgIpc) is 2.48. The topological polar surface area (TPSA) is 64.3 Å². The van der Waals surface area contributed by atoms with E-state index in [9.17, 15) is 4.79 Å². The standard InChI is InChI=1S/C17H18N2O2/c1-11-2-4-12(5-3-11)8-14(18)13-6-7-16-15(9-13)19-17(20)10-21-16/h2-7,9,14H,8,10,18H2,1H3,(H,19,20). The van der Waals surface area contributed by atoms with Crippen molar-refractivity contribution in [1.82, 2.24) is 0 Å². The summed E-state index contributed by atoms with van der Waals surface area (Å²) in [6, 6.07) is 14.0. The molecule has 0 saturated carbocycles. The highest BCUT2D eigenvalue weighted by molar-refractivity contribution is 5.95. The lowest BCUT2D eigenvalue weighted by molar-refractivity contribution is -0.118. The molecule has 0 aliphatic carbocycles. The van der Waals surface area contributed by atoms with Crippen LogP contribution in [0, 0.1) is 6.92 Å². The van der Waals surface area contributed by atoms with Crippen molar-refractivity contribution in [3.05, 3.63) is 59.2 Å². The molecule has 108 valence electrons. The molecule has 21 heavy (non-hydrogen) atoms. The van der Waals surface area contributed by atoms with Crippen LogP contribution < -0.4 is 15.8 Å². The lowest BCUT2D eigenvalue weighted by atomic mass is 9.98. The van der Waals surface area contributed by atoms with E-state index in [2.05, 4.69) is 36.5 Å². The second kappa shape index (κ2) is 5.58. The van der Waals surface area contributed by atoms with Gasteiger partial charge in [0.1, 0.15) is 5.75 Å². The zero-order valence-electron chi connectivity index (χ0n) is 11.9. The third kappa shape index (κ3) is 3.06. The molecule has 2 aromatic rings. The minimum absolute atomic E-state index is 0.0712.